The van der Waals surface area contributed by atoms with E-state index in [4.69, 9.17) is 18.9 Å². The smallest absolute Gasteiger partial charge is 0.308 e. The van der Waals surface area contributed by atoms with E-state index in [-0.39, 0.29) is 36.2 Å². The molecular weight excluding hydrogens is 384 g/mol. The average Bonchev–Trinajstić information content (AvgIpc) is 2.73. The van der Waals surface area contributed by atoms with Gasteiger partial charge in [-0.3, -0.25) is 9.59 Å². The molecule has 6 heteroatoms. The molecule has 0 aliphatic carbocycles. The van der Waals surface area contributed by atoms with Crippen molar-refractivity contribution in [1.29, 1.82) is 0 Å². The van der Waals surface area contributed by atoms with E-state index < -0.39 is 11.9 Å². The first-order valence-corrected chi connectivity index (χ1v) is 9.39. The Bertz CT molecular complexity index is 934. The van der Waals surface area contributed by atoms with Crippen LogP contribution >= 0.6 is 0 Å². The van der Waals surface area contributed by atoms with Gasteiger partial charge >= 0.3 is 11.9 Å². The van der Waals surface area contributed by atoms with Crippen LogP contribution in [0.2, 0.25) is 0 Å². The first-order chi connectivity index (χ1) is 14.5. The lowest BCUT2D eigenvalue weighted by Gasteiger charge is -2.17. The SMILES string of the molecule is CC(=O)Oc1cc(OCc2ccccc2)c(OC(C)=O)c(OCc2ccccc2)c1. The van der Waals surface area contributed by atoms with Gasteiger partial charge in [0, 0.05) is 26.0 Å². The highest BCUT2D eigenvalue weighted by molar-refractivity contribution is 5.74. The molecule has 0 amide bonds. The second kappa shape index (κ2) is 10.1. The molecule has 3 aromatic rings. The van der Waals surface area contributed by atoms with Crippen molar-refractivity contribution in [2.75, 3.05) is 0 Å². The number of esters is 2. The molecule has 3 aromatic carbocycles. The monoisotopic (exact) mass is 406 g/mol. The molecule has 0 aliphatic heterocycles. The Labute approximate surface area is 175 Å². The molecule has 0 radical (unpaired) electrons. The molecule has 0 unspecified atom stereocenters. The predicted octanol–water partition coefficient (Wildman–Crippen LogP) is 4.70. The minimum Gasteiger partial charge on any atom is -0.485 e. The molecule has 0 fully saturated rings. The van der Waals surface area contributed by atoms with Crippen LogP contribution in [0.3, 0.4) is 0 Å². The third-order valence-corrected chi connectivity index (χ3v) is 3.98. The minimum absolute atomic E-state index is 0.130. The van der Waals surface area contributed by atoms with Gasteiger partial charge < -0.3 is 18.9 Å². The van der Waals surface area contributed by atoms with Crippen LogP contribution in [-0.4, -0.2) is 11.9 Å². The van der Waals surface area contributed by atoms with Crippen molar-refractivity contribution in [3.05, 3.63) is 83.9 Å². The standard InChI is InChI=1S/C24H22O6/c1-17(25)29-21-13-22(27-15-19-9-5-3-6-10-19)24(30-18(2)26)23(14-21)28-16-20-11-7-4-8-12-20/h3-14H,15-16H2,1-2H3. The number of carbonyl (C=O) groups is 2. The largest absolute Gasteiger partial charge is 0.485 e. The number of rotatable bonds is 8. The Morgan fingerprint density at radius 3 is 1.50 bits per heavy atom. The highest BCUT2D eigenvalue weighted by Crippen LogP contribution is 2.42. The van der Waals surface area contributed by atoms with Crippen LogP contribution in [0.15, 0.2) is 72.8 Å². The van der Waals surface area contributed by atoms with Crippen LogP contribution in [0.4, 0.5) is 0 Å². The number of benzene rings is 3. The second-order valence-electron chi connectivity index (χ2n) is 6.48. The van der Waals surface area contributed by atoms with Crippen LogP contribution in [-0.2, 0) is 22.8 Å². The Hall–Kier alpha value is -3.80. The van der Waals surface area contributed by atoms with Gasteiger partial charge in [-0.05, 0) is 11.1 Å². The molecule has 0 aromatic heterocycles. The zero-order valence-corrected chi connectivity index (χ0v) is 16.8. The molecule has 0 saturated heterocycles. The molecule has 0 aliphatic rings. The summed E-state index contributed by atoms with van der Waals surface area (Å²) in [7, 11) is 0. The molecule has 0 N–H and O–H groups in total. The summed E-state index contributed by atoms with van der Waals surface area (Å²) in [5, 5.41) is 0. The molecule has 30 heavy (non-hydrogen) atoms. The van der Waals surface area contributed by atoms with Crippen molar-refractivity contribution in [2.45, 2.75) is 27.1 Å². The van der Waals surface area contributed by atoms with Crippen molar-refractivity contribution in [2.24, 2.45) is 0 Å². The van der Waals surface area contributed by atoms with Crippen molar-refractivity contribution in [1.82, 2.24) is 0 Å². The molecule has 154 valence electrons. The number of hydrogen-bond donors (Lipinski definition) is 0. The summed E-state index contributed by atoms with van der Waals surface area (Å²) in [6.45, 7) is 3.06. The van der Waals surface area contributed by atoms with E-state index in [0.717, 1.165) is 11.1 Å². The van der Waals surface area contributed by atoms with E-state index in [1.165, 1.54) is 26.0 Å². The maximum absolute atomic E-state index is 11.7. The lowest BCUT2D eigenvalue weighted by molar-refractivity contribution is -0.133. The molecule has 0 spiro atoms. The van der Waals surface area contributed by atoms with Crippen LogP contribution in [0.1, 0.15) is 25.0 Å². The summed E-state index contributed by atoms with van der Waals surface area (Å²) < 4.78 is 22.4. The summed E-state index contributed by atoms with van der Waals surface area (Å²) in [5.41, 5.74) is 1.85. The topological polar surface area (TPSA) is 71.1 Å². The summed E-state index contributed by atoms with van der Waals surface area (Å²) in [5.74, 6) is -0.191. The Kier molecular flexibility index (Phi) is 7.05. The third-order valence-electron chi connectivity index (χ3n) is 3.98. The maximum atomic E-state index is 11.7. The number of hydrogen-bond acceptors (Lipinski definition) is 6. The quantitative estimate of drug-likeness (QED) is 0.399. The maximum Gasteiger partial charge on any atom is 0.308 e. The highest BCUT2D eigenvalue weighted by atomic mass is 16.6. The lowest BCUT2D eigenvalue weighted by atomic mass is 10.2. The molecule has 0 heterocycles. The van der Waals surface area contributed by atoms with Gasteiger partial charge in [-0.2, -0.15) is 0 Å². The highest BCUT2D eigenvalue weighted by Gasteiger charge is 2.19. The van der Waals surface area contributed by atoms with Crippen molar-refractivity contribution >= 4 is 11.9 Å². The van der Waals surface area contributed by atoms with Crippen LogP contribution in [0.5, 0.6) is 23.0 Å². The summed E-state index contributed by atoms with van der Waals surface area (Å²) in [6.07, 6.45) is 0. The van der Waals surface area contributed by atoms with E-state index in [0.29, 0.717) is 0 Å². The molecular formula is C24H22O6. The fourth-order valence-electron chi connectivity index (χ4n) is 2.71. The zero-order valence-electron chi connectivity index (χ0n) is 16.8. The third kappa shape index (κ3) is 6.10. The Balaban J connectivity index is 1.93. The van der Waals surface area contributed by atoms with E-state index in [1.54, 1.807) is 0 Å². The van der Waals surface area contributed by atoms with Gasteiger partial charge in [0.25, 0.3) is 0 Å². The van der Waals surface area contributed by atoms with E-state index in [1.807, 2.05) is 60.7 Å². The van der Waals surface area contributed by atoms with E-state index in [2.05, 4.69) is 0 Å². The van der Waals surface area contributed by atoms with Crippen molar-refractivity contribution < 1.29 is 28.5 Å². The van der Waals surface area contributed by atoms with Gasteiger partial charge in [-0.15, -0.1) is 0 Å². The van der Waals surface area contributed by atoms with Gasteiger partial charge in [0.2, 0.25) is 5.75 Å². The second-order valence-corrected chi connectivity index (χ2v) is 6.48. The Morgan fingerprint density at radius 1 is 0.667 bits per heavy atom. The van der Waals surface area contributed by atoms with Gasteiger partial charge in [-0.25, -0.2) is 0 Å². The van der Waals surface area contributed by atoms with Crippen LogP contribution in [0, 0.1) is 0 Å². The predicted molar refractivity (Wildman–Crippen MR) is 111 cm³/mol. The van der Waals surface area contributed by atoms with E-state index >= 15 is 0 Å². The lowest BCUT2D eigenvalue weighted by Crippen LogP contribution is -2.08. The van der Waals surface area contributed by atoms with Gasteiger partial charge in [-0.1, -0.05) is 60.7 Å². The fraction of sp³-hybridized carbons (Fsp3) is 0.167. The first kappa shape index (κ1) is 20.9. The molecule has 0 atom stereocenters. The first-order valence-electron chi connectivity index (χ1n) is 9.39. The summed E-state index contributed by atoms with van der Waals surface area (Å²) in [6, 6.07) is 22.0. The van der Waals surface area contributed by atoms with E-state index in [9.17, 15) is 9.59 Å². The average molecular weight is 406 g/mol. The normalized spacial score (nSPS) is 10.2. The number of ether oxygens (including phenoxy) is 4. The van der Waals surface area contributed by atoms with Gasteiger partial charge in [0.15, 0.2) is 11.5 Å². The zero-order chi connectivity index (χ0) is 21.3. The molecule has 0 bridgehead atoms. The fourth-order valence-corrected chi connectivity index (χ4v) is 2.71. The Morgan fingerprint density at radius 2 is 1.10 bits per heavy atom. The minimum atomic E-state index is -0.524. The van der Waals surface area contributed by atoms with Crippen molar-refractivity contribution in [3.8, 4) is 23.0 Å². The molecule has 0 saturated carbocycles. The van der Waals surface area contributed by atoms with Gasteiger partial charge in [0.1, 0.15) is 19.0 Å². The van der Waals surface area contributed by atoms with Crippen molar-refractivity contribution in [3.63, 3.8) is 0 Å². The van der Waals surface area contributed by atoms with Crippen LogP contribution in [0.25, 0.3) is 0 Å². The molecule has 3 rings (SSSR count). The van der Waals surface area contributed by atoms with Gasteiger partial charge in [0.05, 0.1) is 0 Å². The summed E-state index contributed by atoms with van der Waals surface area (Å²) >= 11 is 0. The number of carbonyl (C=O) groups excluding carboxylic acids is 2. The molecule has 6 nitrogen and oxygen atoms in total. The summed E-state index contributed by atoms with van der Waals surface area (Å²) in [4.78, 5) is 23.2. The van der Waals surface area contributed by atoms with Crippen LogP contribution < -0.4 is 18.9 Å².